The molecule has 0 fully saturated rings. The number of hydrogen-bond acceptors (Lipinski definition) is 5. The number of nitrogens with zero attached hydrogens (tertiary/aromatic N) is 4. The third kappa shape index (κ3) is 3.60. The summed E-state index contributed by atoms with van der Waals surface area (Å²) in [5, 5.41) is 16.1. The second-order valence-corrected chi connectivity index (χ2v) is 6.81. The lowest BCUT2D eigenvalue weighted by atomic mass is 10.1. The predicted octanol–water partition coefficient (Wildman–Crippen LogP) is 3.81. The van der Waals surface area contributed by atoms with Crippen LogP contribution >= 0.6 is 0 Å². The van der Waals surface area contributed by atoms with E-state index < -0.39 is 0 Å². The topological polar surface area (TPSA) is 81.4 Å². The van der Waals surface area contributed by atoms with Crippen LogP contribution in [0.4, 0.5) is 5.69 Å². The summed E-state index contributed by atoms with van der Waals surface area (Å²) < 4.78 is 6.99. The number of nitrogens with one attached hydrogen (secondary N) is 1. The third-order valence-corrected chi connectivity index (χ3v) is 4.67. The van der Waals surface area contributed by atoms with Crippen molar-refractivity contribution in [3.63, 3.8) is 0 Å². The summed E-state index contributed by atoms with van der Waals surface area (Å²) in [5.74, 6) is -0.326. The van der Waals surface area contributed by atoms with Gasteiger partial charge in [-0.15, -0.1) is 10.2 Å². The molecule has 146 valence electrons. The van der Waals surface area contributed by atoms with Crippen molar-refractivity contribution in [2.24, 2.45) is 0 Å². The maximum Gasteiger partial charge on any atom is 0.278 e. The molecule has 29 heavy (non-hydrogen) atoms. The maximum absolute atomic E-state index is 12.8. The number of amides is 1. The molecule has 1 N–H and O–H groups in total. The molecule has 0 spiro atoms. The molecular weight excluding hydrogens is 366 g/mol. The summed E-state index contributed by atoms with van der Waals surface area (Å²) in [4.78, 5) is 12.8. The van der Waals surface area contributed by atoms with Crippen molar-refractivity contribution < 1.29 is 9.53 Å². The molecule has 0 aliphatic rings. The van der Waals surface area contributed by atoms with E-state index in [1.165, 1.54) is 0 Å². The van der Waals surface area contributed by atoms with Crippen LogP contribution in [0, 0.1) is 13.8 Å². The Hall–Kier alpha value is -3.58. The zero-order valence-electron chi connectivity index (χ0n) is 16.5. The maximum atomic E-state index is 12.8. The average molecular weight is 387 g/mol. The van der Waals surface area contributed by atoms with Gasteiger partial charge in [-0.05, 0) is 37.1 Å². The summed E-state index contributed by atoms with van der Waals surface area (Å²) in [6.07, 6.45) is 0. The molecule has 2 heterocycles. The number of anilines is 1. The standard InChI is InChI=1S/C22H21N5O2/c1-14-8-7-11-17(12-14)23-22(28)20-15(2)27-21(25-24-20)19(18(26-27)13-29-3)16-9-5-4-6-10-16/h4-12H,13H2,1-3H3,(H,23,28). The summed E-state index contributed by atoms with van der Waals surface area (Å²) in [6.45, 7) is 4.11. The van der Waals surface area contributed by atoms with Gasteiger partial charge in [0.2, 0.25) is 0 Å². The number of aryl methyl sites for hydroxylation is 2. The normalized spacial score (nSPS) is 11.0. The minimum absolute atomic E-state index is 0.227. The fraction of sp³-hybridized carbons (Fsp3) is 0.182. The second-order valence-electron chi connectivity index (χ2n) is 6.81. The van der Waals surface area contributed by atoms with E-state index in [0.29, 0.717) is 23.6 Å². The van der Waals surface area contributed by atoms with Gasteiger partial charge in [0.15, 0.2) is 11.3 Å². The largest absolute Gasteiger partial charge is 0.378 e. The first-order valence-electron chi connectivity index (χ1n) is 9.25. The predicted molar refractivity (Wildman–Crippen MR) is 111 cm³/mol. The van der Waals surface area contributed by atoms with Crippen molar-refractivity contribution >= 4 is 17.2 Å². The van der Waals surface area contributed by atoms with E-state index in [-0.39, 0.29) is 11.6 Å². The highest BCUT2D eigenvalue weighted by Gasteiger charge is 2.21. The first-order chi connectivity index (χ1) is 14.1. The fourth-order valence-electron chi connectivity index (χ4n) is 3.31. The van der Waals surface area contributed by atoms with Crippen molar-refractivity contribution in [1.29, 1.82) is 0 Å². The van der Waals surface area contributed by atoms with E-state index in [2.05, 4.69) is 20.6 Å². The zero-order valence-corrected chi connectivity index (χ0v) is 16.5. The molecular formula is C22H21N5O2. The number of rotatable bonds is 5. The van der Waals surface area contributed by atoms with Crippen LogP contribution < -0.4 is 5.32 Å². The summed E-state index contributed by atoms with van der Waals surface area (Å²) in [5.41, 5.74) is 5.77. The van der Waals surface area contributed by atoms with Crippen molar-refractivity contribution in [2.45, 2.75) is 20.5 Å². The Bertz CT molecular complexity index is 1180. The van der Waals surface area contributed by atoms with Gasteiger partial charge in [-0.25, -0.2) is 4.52 Å². The van der Waals surface area contributed by atoms with E-state index in [1.54, 1.807) is 11.6 Å². The minimum Gasteiger partial charge on any atom is -0.378 e. The van der Waals surface area contributed by atoms with Gasteiger partial charge in [-0.1, -0.05) is 42.5 Å². The Labute approximate surface area is 168 Å². The van der Waals surface area contributed by atoms with Crippen LogP contribution in [0.15, 0.2) is 54.6 Å². The van der Waals surface area contributed by atoms with Crippen LogP contribution in [-0.4, -0.2) is 32.8 Å². The second kappa shape index (κ2) is 7.81. The molecule has 7 heteroatoms. The van der Waals surface area contributed by atoms with Crippen LogP contribution in [0.25, 0.3) is 16.8 Å². The molecule has 0 bridgehead atoms. The number of carbonyl (C=O) groups excluding carboxylic acids is 1. The molecule has 0 radical (unpaired) electrons. The number of carbonyl (C=O) groups is 1. The highest BCUT2D eigenvalue weighted by molar-refractivity contribution is 6.03. The van der Waals surface area contributed by atoms with Crippen molar-refractivity contribution in [2.75, 3.05) is 12.4 Å². The molecule has 7 nitrogen and oxygen atoms in total. The lowest BCUT2D eigenvalue weighted by Gasteiger charge is -2.08. The lowest BCUT2D eigenvalue weighted by molar-refractivity contribution is 0.102. The minimum atomic E-state index is -0.326. The van der Waals surface area contributed by atoms with Crippen LogP contribution in [-0.2, 0) is 11.3 Å². The lowest BCUT2D eigenvalue weighted by Crippen LogP contribution is -2.18. The van der Waals surface area contributed by atoms with Crippen LogP contribution in [0.3, 0.4) is 0 Å². The summed E-state index contributed by atoms with van der Waals surface area (Å²) >= 11 is 0. The molecule has 1 amide bonds. The van der Waals surface area contributed by atoms with Crippen LogP contribution in [0.5, 0.6) is 0 Å². The zero-order chi connectivity index (χ0) is 20.4. The van der Waals surface area contributed by atoms with E-state index in [9.17, 15) is 4.79 Å². The van der Waals surface area contributed by atoms with Gasteiger partial charge in [-0.3, -0.25) is 4.79 Å². The van der Waals surface area contributed by atoms with Crippen molar-refractivity contribution in [3.05, 3.63) is 77.2 Å². The third-order valence-electron chi connectivity index (χ3n) is 4.67. The van der Waals surface area contributed by atoms with Crippen LogP contribution in [0.2, 0.25) is 0 Å². The number of aromatic nitrogens is 4. The first-order valence-corrected chi connectivity index (χ1v) is 9.25. The molecule has 2 aromatic carbocycles. The molecule has 4 rings (SSSR count). The molecule has 0 saturated heterocycles. The fourth-order valence-corrected chi connectivity index (χ4v) is 3.31. The van der Waals surface area contributed by atoms with Gasteiger partial charge >= 0.3 is 0 Å². The van der Waals surface area contributed by atoms with Gasteiger partial charge in [0.25, 0.3) is 5.91 Å². The highest BCUT2D eigenvalue weighted by atomic mass is 16.5. The molecule has 0 saturated carbocycles. The molecule has 0 aliphatic heterocycles. The number of methoxy groups -OCH3 is 1. The van der Waals surface area contributed by atoms with Crippen molar-refractivity contribution in [3.8, 4) is 11.1 Å². The van der Waals surface area contributed by atoms with Crippen LogP contribution in [0.1, 0.15) is 27.4 Å². The number of ether oxygens (including phenoxy) is 1. The Morgan fingerprint density at radius 1 is 1.07 bits per heavy atom. The monoisotopic (exact) mass is 387 g/mol. The number of benzene rings is 2. The average Bonchev–Trinajstić information content (AvgIpc) is 3.08. The van der Waals surface area contributed by atoms with E-state index >= 15 is 0 Å². The van der Waals surface area contributed by atoms with Crippen molar-refractivity contribution in [1.82, 2.24) is 19.8 Å². The highest BCUT2D eigenvalue weighted by Crippen LogP contribution is 2.28. The molecule has 2 aromatic heterocycles. The summed E-state index contributed by atoms with van der Waals surface area (Å²) in [6, 6.07) is 17.5. The Morgan fingerprint density at radius 3 is 2.59 bits per heavy atom. The van der Waals surface area contributed by atoms with Gasteiger partial charge < -0.3 is 10.1 Å². The van der Waals surface area contributed by atoms with Gasteiger partial charge in [0, 0.05) is 12.8 Å². The van der Waals surface area contributed by atoms with Gasteiger partial charge in [0.05, 0.1) is 23.6 Å². The van der Waals surface area contributed by atoms with Gasteiger partial charge in [-0.2, -0.15) is 5.10 Å². The van der Waals surface area contributed by atoms with E-state index in [0.717, 1.165) is 22.4 Å². The molecule has 0 atom stereocenters. The quantitative estimate of drug-likeness (QED) is 0.563. The molecule has 4 aromatic rings. The number of fused-ring (bicyclic) bond motifs is 1. The number of hydrogen-bond donors (Lipinski definition) is 1. The smallest absolute Gasteiger partial charge is 0.278 e. The first kappa shape index (κ1) is 18.8. The SMILES string of the molecule is COCc1nn2c(C)c(C(=O)Nc3cccc(C)c3)nnc2c1-c1ccccc1. The molecule has 0 aliphatic carbocycles. The Balaban J connectivity index is 1.79. The Kier molecular flexibility index (Phi) is 5.05. The molecule has 0 unspecified atom stereocenters. The van der Waals surface area contributed by atoms with Gasteiger partial charge in [0.1, 0.15) is 0 Å². The van der Waals surface area contributed by atoms with E-state index in [1.807, 2.05) is 68.4 Å². The summed E-state index contributed by atoms with van der Waals surface area (Å²) in [7, 11) is 1.62. The van der Waals surface area contributed by atoms with E-state index in [4.69, 9.17) is 4.74 Å². The Morgan fingerprint density at radius 2 is 1.86 bits per heavy atom.